The Morgan fingerprint density at radius 1 is 1.06 bits per heavy atom. The molecule has 0 aliphatic carbocycles. The van der Waals surface area contributed by atoms with Crippen LogP contribution < -0.4 is 0 Å². The van der Waals surface area contributed by atoms with E-state index >= 15 is 0 Å². The van der Waals surface area contributed by atoms with Gasteiger partial charge in [0.05, 0.1) is 5.38 Å². The number of hydrogen-bond donors (Lipinski definition) is 0. The molecule has 2 aromatic rings. The lowest BCUT2D eigenvalue weighted by atomic mass is 9.93. The van der Waals surface area contributed by atoms with Crippen LogP contribution in [0.5, 0.6) is 0 Å². The van der Waals surface area contributed by atoms with Crippen LogP contribution in [-0.4, -0.2) is 4.98 Å². The fourth-order valence-corrected chi connectivity index (χ4v) is 2.25. The third-order valence-electron chi connectivity index (χ3n) is 3.03. The van der Waals surface area contributed by atoms with Crippen LogP contribution in [0.1, 0.15) is 34.9 Å². The van der Waals surface area contributed by atoms with Crippen LogP contribution in [0.15, 0.2) is 48.8 Å². The monoisotopic (exact) mass is 245 g/mol. The maximum Gasteiger partial charge on any atom is 0.0651 e. The molecule has 0 spiro atoms. The summed E-state index contributed by atoms with van der Waals surface area (Å²) in [7, 11) is 0. The van der Waals surface area contributed by atoms with E-state index in [1.165, 1.54) is 16.7 Å². The lowest BCUT2D eigenvalue weighted by molar-refractivity contribution is 0.730. The zero-order valence-electron chi connectivity index (χ0n) is 10.1. The Balaban J connectivity index is 2.23. The molecule has 1 heterocycles. The van der Waals surface area contributed by atoms with Crippen LogP contribution in [0.2, 0.25) is 0 Å². The summed E-state index contributed by atoms with van der Waals surface area (Å²) in [5, 5.41) is -0.00250. The van der Waals surface area contributed by atoms with Gasteiger partial charge in [-0.05, 0) is 30.2 Å². The van der Waals surface area contributed by atoms with Gasteiger partial charge >= 0.3 is 0 Å². The first kappa shape index (κ1) is 12.1. The van der Waals surface area contributed by atoms with Crippen LogP contribution >= 0.6 is 11.6 Å². The number of halogens is 1. The van der Waals surface area contributed by atoms with Crippen molar-refractivity contribution in [3.8, 4) is 0 Å². The molecule has 2 heteroatoms. The highest BCUT2D eigenvalue weighted by molar-refractivity contribution is 6.21. The van der Waals surface area contributed by atoms with Crippen LogP contribution in [0, 0.1) is 6.92 Å². The van der Waals surface area contributed by atoms with Crippen molar-refractivity contribution < 1.29 is 0 Å². The zero-order chi connectivity index (χ0) is 12.3. The third-order valence-corrected chi connectivity index (χ3v) is 3.66. The van der Waals surface area contributed by atoms with Gasteiger partial charge in [-0.1, -0.05) is 36.8 Å². The van der Waals surface area contributed by atoms with Crippen molar-refractivity contribution in [1.82, 2.24) is 4.98 Å². The van der Waals surface area contributed by atoms with Crippen molar-refractivity contribution in [3.05, 3.63) is 65.5 Å². The molecule has 0 bridgehead atoms. The van der Waals surface area contributed by atoms with E-state index in [4.69, 9.17) is 11.6 Å². The number of hydrogen-bond acceptors (Lipinski definition) is 1. The molecule has 1 aromatic carbocycles. The summed E-state index contributed by atoms with van der Waals surface area (Å²) in [6, 6.07) is 12.4. The molecule has 1 nitrogen and oxygen atoms in total. The average Bonchev–Trinajstić information content (AvgIpc) is 2.38. The average molecular weight is 246 g/mol. The number of aryl methyl sites for hydroxylation is 1. The fraction of sp³-hybridized carbons (Fsp3) is 0.267. The highest BCUT2D eigenvalue weighted by atomic mass is 35.5. The van der Waals surface area contributed by atoms with E-state index in [1.807, 2.05) is 24.5 Å². The lowest BCUT2D eigenvalue weighted by Gasteiger charge is -2.19. The normalized spacial score (nSPS) is 14.3. The fourth-order valence-electron chi connectivity index (χ4n) is 1.97. The Bertz CT molecular complexity index is 481. The summed E-state index contributed by atoms with van der Waals surface area (Å²) in [6.07, 6.45) is 3.62. The van der Waals surface area contributed by atoms with E-state index in [-0.39, 0.29) is 11.3 Å². The largest absolute Gasteiger partial charge is 0.265 e. The predicted molar refractivity (Wildman–Crippen MR) is 72.4 cm³/mol. The minimum atomic E-state index is -0.00250. The van der Waals surface area contributed by atoms with Gasteiger partial charge in [-0.25, -0.2) is 0 Å². The van der Waals surface area contributed by atoms with Gasteiger partial charge in [-0.3, -0.25) is 4.98 Å². The Morgan fingerprint density at radius 3 is 2.41 bits per heavy atom. The Labute approximate surface area is 107 Å². The first-order valence-electron chi connectivity index (χ1n) is 5.79. The number of nitrogens with zero attached hydrogens (tertiary/aromatic N) is 1. The standard InChI is InChI=1S/C15H16ClN/c1-11-4-3-5-14(10-11)15(16)12(2)13-6-8-17-9-7-13/h3-10,12,15H,1-2H3. The van der Waals surface area contributed by atoms with Gasteiger partial charge in [0.1, 0.15) is 0 Å². The summed E-state index contributed by atoms with van der Waals surface area (Å²) >= 11 is 6.54. The molecule has 0 radical (unpaired) electrons. The summed E-state index contributed by atoms with van der Waals surface area (Å²) in [5.74, 6) is 0.279. The second-order valence-corrected chi connectivity index (χ2v) is 4.86. The molecule has 0 aliphatic rings. The summed E-state index contributed by atoms with van der Waals surface area (Å²) < 4.78 is 0. The van der Waals surface area contributed by atoms with Crippen molar-refractivity contribution in [3.63, 3.8) is 0 Å². The van der Waals surface area contributed by atoms with Gasteiger partial charge < -0.3 is 0 Å². The number of pyridine rings is 1. The smallest absolute Gasteiger partial charge is 0.0651 e. The van der Waals surface area contributed by atoms with Crippen molar-refractivity contribution in [2.45, 2.75) is 25.1 Å². The molecule has 0 saturated heterocycles. The molecule has 0 amide bonds. The first-order valence-corrected chi connectivity index (χ1v) is 6.22. The predicted octanol–water partition coefficient (Wildman–Crippen LogP) is 4.47. The van der Waals surface area contributed by atoms with Crippen LogP contribution in [0.25, 0.3) is 0 Å². The molecule has 17 heavy (non-hydrogen) atoms. The van der Waals surface area contributed by atoms with Crippen molar-refractivity contribution >= 4 is 11.6 Å². The highest BCUT2D eigenvalue weighted by Crippen LogP contribution is 2.35. The quantitative estimate of drug-likeness (QED) is 0.727. The topological polar surface area (TPSA) is 12.9 Å². The van der Waals surface area contributed by atoms with Crippen LogP contribution in [0.4, 0.5) is 0 Å². The minimum absolute atomic E-state index is 0.00250. The van der Waals surface area contributed by atoms with Gasteiger partial charge in [0, 0.05) is 18.3 Å². The molecule has 2 rings (SSSR count). The molecule has 1 aromatic heterocycles. The van der Waals surface area contributed by atoms with E-state index in [1.54, 1.807) is 0 Å². The maximum atomic E-state index is 6.54. The Morgan fingerprint density at radius 2 is 1.76 bits per heavy atom. The number of aromatic nitrogens is 1. The molecule has 0 saturated carbocycles. The summed E-state index contributed by atoms with van der Waals surface area (Å²) in [5.41, 5.74) is 3.65. The van der Waals surface area contributed by atoms with Crippen LogP contribution in [0.3, 0.4) is 0 Å². The Hall–Kier alpha value is -1.34. The molecular formula is C15H16ClN. The van der Waals surface area contributed by atoms with E-state index in [2.05, 4.69) is 43.1 Å². The number of alkyl halides is 1. The molecule has 88 valence electrons. The van der Waals surface area contributed by atoms with E-state index in [0.717, 1.165) is 0 Å². The molecule has 0 aliphatic heterocycles. The van der Waals surface area contributed by atoms with Crippen molar-refractivity contribution in [1.29, 1.82) is 0 Å². The van der Waals surface area contributed by atoms with E-state index in [0.29, 0.717) is 0 Å². The lowest BCUT2D eigenvalue weighted by Crippen LogP contribution is -2.02. The maximum absolute atomic E-state index is 6.54. The van der Waals surface area contributed by atoms with Crippen LogP contribution in [-0.2, 0) is 0 Å². The van der Waals surface area contributed by atoms with E-state index < -0.39 is 0 Å². The van der Waals surface area contributed by atoms with Crippen molar-refractivity contribution in [2.75, 3.05) is 0 Å². The third kappa shape index (κ3) is 2.86. The summed E-state index contributed by atoms with van der Waals surface area (Å²) in [4.78, 5) is 4.03. The second-order valence-electron chi connectivity index (χ2n) is 4.39. The molecule has 0 N–H and O–H groups in total. The molecule has 2 atom stereocenters. The Kier molecular flexibility index (Phi) is 3.80. The second kappa shape index (κ2) is 5.33. The molecule has 0 fully saturated rings. The highest BCUT2D eigenvalue weighted by Gasteiger charge is 2.18. The molecular weight excluding hydrogens is 230 g/mol. The van der Waals surface area contributed by atoms with Gasteiger partial charge in [-0.15, -0.1) is 11.6 Å². The summed E-state index contributed by atoms with van der Waals surface area (Å²) in [6.45, 7) is 4.24. The first-order chi connectivity index (χ1) is 8.18. The van der Waals surface area contributed by atoms with E-state index in [9.17, 15) is 0 Å². The number of rotatable bonds is 3. The van der Waals surface area contributed by atoms with Crippen molar-refractivity contribution in [2.24, 2.45) is 0 Å². The zero-order valence-corrected chi connectivity index (χ0v) is 10.9. The SMILES string of the molecule is Cc1cccc(C(Cl)C(C)c2ccncc2)c1. The molecule has 2 unspecified atom stereocenters. The van der Waals surface area contributed by atoms with Gasteiger partial charge in [0.15, 0.2) is 0 Å². The van der Waals surface area contributed by atoms with Gasteiger partial charge in [0.25, 0.3) is 0 Å². The number of benzene rings is 1. The van der Waals surface area contributed by atoms with Gasteiger partial charge in [-0.2, -0.15) is 0 Å². The minimum Gasteiger partial charge on any atom is -0.265 e. The van der Waals surface area contributed by atoms with Gasteiger partial charge in [0.2, 0.25) is 0 Å².